The molecule has 0 aromatic heterocycles. The highest BCUT2D eigenvalue weighted by Gasteiger charge is 1.98. The molecule has 0 saturated carbocycles. The second-order valence-electron chi connectivity index (χ2n) is 2.84. The fourth-order valence-electron chi connectivity index (χ4n) is 0.712. The summed E-state index contributed by atoms with van der Waals surface area (Å²) in [5, 5.41) is 9.03. The minimum atomic E-state index is -0.0989. The zero-order valence-electron chi connectivity index (χ0n) is 6.72. The van der Waals surface area contributed by atoms with Gasteiger partial charge in [-0.1, -0.05) is 13.8 Å². The SMILES string of the molecule is CC(=O)/C=C(\O)CC(C)C. The maximum atomic E-state index is 10.4. The third kappa shape index (κ3) is 5.35. The first-order valence-electron chi connectivity index (χ1n) is 3.42. The van der Waals surface area contributed by atoms with Gasteiger partial charge < -0.3 is 5.11 Å². The van der Waals surface area contributed by atoms with Crippen LogP contribution in [0.3, 0.4) is 0 Å². The number of carbonyl (C=O) groups excluding carboxylic acids is 1. The molecule has 0 radical (unpaired) electrons. The Balaban J connectivity index is 3.83. The zero-order chi connectivity index (χ0) is 8.15. The van der Waals surface area contributed by atoms with Crippen molar-refractivity contribution in [1.82, 2.24) is 0 Å². The van der Waals surface area contributed by atoms with E-state index in [1.54, 1.807) is 0 Å². The normalized spacial score (nSPS) is 12.2. The molecule has 2 heteroatoms. The van der Waals surface area contributed by atoms with E-state index in [-0.39, 0.29) is 11.5 Å². The van der Waals surface area contributed by atoms with Crippen molar-refractivity contribution in [2.24, 2.45) is 5.92 Å². The highest BCUT2D eigenvalue weighted by molar-refractivity contribution is 5.87. The Bertz CT molecular complexity index is 145. The van der Waals surface area contributed by atoms with Crippen molar-refractivity contribution >= 4 is 5.78 Å². The maximum Gasteiger partial charge on any atom is 0.155 e. The first kappa shape index (κ1) is 9.21. The molecule has 0 heterocycles. The Labute approximate surface area is 61.6 Å². The lowest BCUT2D eigenvalue weighted by atomic mass is 10.1. The molecule has 0 spiro atoms. The Hall–Kier alpha value is -0.790. The number of hydrogen-bond donors (Lipinski definition) is 1. The van der Waals surface area contributed by atoms with Crippen LogP contribution >= 0.6 is 0 Å². The number of ketones is 1. The van der Waals surface area contributed by atoms with Crippen molar-refractivity contribution in [2.45, 2.75) is 27.2 Å². The second kappa shape index (κ2) is 4.09. The van der Waals surface area contributed by atoms with Gasteiger partial charge in [0.1, 0.15) is 0 Å². The first-order valence-corrected chi connectivity index (χ1v) is 3.42. The summed E-state index contributed by atoms with van der Waals surface area (Å²) in [5.74, 6) is 0.483. The summed E-state index contributed by atoms with van der Waals surface area (Å²) >= 11 is 0. The fourth-order valence-corrected chi connectivity index (χ4v) is 0.712. The van der Waals surface area contributed by atoms with E-state index >= 15 is 0 Å². The van der Waals surface area contributed by atoms with Crippen LogP contribution in [0.4, 0.5) is 0 Å². The number of allylic oxidation sites excluding steroid dienone is 2. The second-order valence-corrected chi connectivity index (χ2v) is 2.84. The molecule has 0 fully saturated rings. The van der Waals surface area contributed by atoms with Crippen molar-refractivity contribution in [3.8, 4) is 0 Å². The van der Waals surface area contributed by atoms with Crippen LogP contribution in [-0.4, -0.2) is 10.9 Å². The molecule has 2 nitrogen and oxygen atoms in total. The van der Waals surface area contributed by atoms with E-state index < -0.39 is 0 Å². The van der Waals surface area contributed by atoms with Gasteiger partial charge in [-0.05, 0) is 12.8 Å². The van der Waals surface area contributed by atoms with Crippen molar-refractivity contribution in [2.75, 3.05) is 0 Å². The fraction of sp³-hybridized carbons (Fsp3) is 0.625. The van der Waals surface area contributed by atoms with E-state index in [1.807, 2.05) is 13.8 Å². The molecule has 0 aliphatic heterocycles. The van der Waals surface area contributed by atoms with Crippen LogP contribution in [-0.2, 0) is 4.79 Å². The predicted octanol–water partition coefficient (Wildman–Crippen LogP) is 2.06. The van der Waals surface area contributed by atoms with Crippen molar-refractivity contribution < 1.29 is 9.90 Å². The van der Waals surface area contributed by atoms with Gasteiger partial charge >= 0.3 is 0 Å². The van der Waals surface area contributed by atoms with E-state index in [4.69, 9.17) is 5.11 Å². The van der Waals surface area contributed by atoms with Gasteiger partial charge in [-0.15, -0.1) is 0 Å². The standard InChI is InChI=1S/C8H14O2/c1-6(2)4-8(10)5-7(3)9/h5-6,10H,4H2,1-3H3/b8-5-. The molecule has 0 aromatic rings. The van der Waals surface area contributed by atoms with Crippen LogP contribution in [0.25, 0.3) is 0 Å². The third-order valence-corrected chi connectivity index (χ3v) is 0.987. The van der Waals surface area contributed by atoms with Crippen molar-refractivity contribution in [3.05, 3.63) is 11.8 Å². The van der Waals surface area contributed by atoms with Crippen LogP contribution < -0.4 is 0 Å². The molecule has 58 valence electrons. The molecular weight excluding hydrogens is 128 g/mol. The van der Waals surface area contributed by atoms with Crippen LogP contribution in [0.2, 0.25) is 0 Å². The molecule has 10 heavy (non-hydrogen) atoms. The lowest BCUT2D eigenvalue weighted by molar-refractivity contribution is -0.112. The van der Waals surface area contributed by atoms with Crippen molar-refractivity contribution in [3.63, 3.8) is 0 Å². The zero-order valence-corrected chi connectivity index (χ0v) is 6.72. The van der Waals surface area contributed by atoms with E-state index in [9.17, 15) is 4.79 Å². The van der Waals surface area contributed by atoms with Crippen LogP contribution in [0, 0.1) is 5.92 Å². The maximum absolute atomic E-state index is 10.4. The van der Waals surface area contributed by atoms with Gasteiger partial charge in [0.05, 0.1) is 5.76 Å². The quantitative estimate of drug-likeness (QED) is 0.483. The summed E-state index contributed by atoms with van der Waals surface area (Å²) < 4.78 is 0. The Morgan fingerprint density at radius 2 is 2.10 bits per heavy atom. The highest BCUT2D eigenvalue weighted by atomic mass is 16.3. The average Bonchev–Trinajstić information content (AvgIpc) is 1.58. The largest absolute Gasteiger partial charge is 0.512 e. The lowest BCUT2D eigenvalue weighted by Crippen LogP contribution is -1.93. The molecule has 1 N–H and O–H groups in total. The van der Waals surface area contributed by atoms with Crippen LogP contribution in [0.5, 0.6) is 0 Å². The monoisotopic (exact) mass is 142 g/mol. The van der Waals surface area contributed by atoms with Crippen LogP contribution in [0.15, 0.2) is 11.8 Å². The predicted molar refractivity (Wildman–Crippen MR) is 40.8 cm³/mol. The minimum absolute atomic E-state index is 0.0989. The van der Waals surface area contributed by atoms with Crippen molar-refractivity contribution in [1.29, 1.82) is 0 Å². The smallest absolute Gasteiger partial charge is 0.155 e. The molecule has 0 saturated heterocycles. The van der Waals surface area contributed by atoms with E-state index in [1.165, 1.54) is 13.0 Å². The van der Waals surface area contributed by atoms with E-state index in [0.29, 0.717) is 12.3 Å². The molecule has 0 unspecified atom stereocenters. The summed E-state index contributed by atoms with van der Waals surface area (Å²) in [5.41, 5.74) is 0. The number of aliphatic hydroxyl groups excluding tert-OH is 1. The lowest BCUT2D eigenvalue weighted by Gasteiger charge is -2.01. The molecule has 0 rings (SSSR count). The molecule has 0 aliphatic carbocycles. The van der Waals surface area contributed by atoms with Gasteiger partial charge in [-0.2, -0.15) is 0 Å². The summed E-state index contributed by atoms with van der Waals surface area (Å²) in [6.07, 6.45) is 1.85. The van der Waals surface area contributed by atoms with Gasteiger partial charge in [0.25, 0.3) is 0 Å². The summed E-state index contributed by atoms with van der Waals surface area (Å²) in [6.45, 7) is 5.41. The van der Waals surface area contributed by atoms with Gasteiger partial charge in [-0.25, -0.2) is 0 Å². The molecule has 0 bridgehead atoms. The third-order valence-electron chi connectivity index (χ3n) is 0.987. The number of rotatable bonds is 3. The van der Waals surface area contributed by atoms with Gasteiger partial charge in [0.15, 0.2) is 5.78 Å². The van der Waals surface area contributed by atoms with E-state index in [0.717, 1.165) is 0 Å². The van der Waals surface area contributed by atoms with E-state index in [2.05, 4.69) is 0 Å². The van der Waals surface area contributed by atoms with Gasteiger partial charge in [0, 0.05) is 12.5 Å². The highest BCUT2D eigenvalue weighted by Crippen LogP contribution is 2.06. The van der Waals surface area contributed by atoms with Gasteiger partial charge in [-0.3, -0.25) is 4.79 Å². The topological polar surface area (TPSA) is 37.3 Å². The number of aliphatic hydroxyl groups is 1. The first-order chi connectivity index (χ1) is 4.52. The minimum Gasteiger partial charge on any atom is -0.512 e. The molecule has 0 amide bonds. The summed E-state index contributed by atoms with van der Waals surface area (Å²) in [7, 11) is 0. The molecule has 0 aromatic carbocycles. The Morgan fingerprint density at radius 3 is 2.40 bits per heavy atom. The van der Waals surface area contributed by atoms with Crippen LogP contribution in [0.1, 0.15) is 27.2 Å². The summed E-state index contributed by atoms with van der Waals surface area (Å²) in [6, 6.07) is 0. The molecular formula is C8H14O2. The number of carbonyl (C=O) groups is 1. The van der Waals surface area contributed by atoms with Gasteiger partial charge in [0.2, 0.25) is 0 Å². The summed E-state index contributed by atoms with van der Waals surface area (Å²) in [4.78, 5) is 10.4. The Morgan fingerprint density at radius 1 is 1.60 bits per heavy atom. The molecule has 0 atom stereocenters. The molecule has 0 aliphatic rings. The number of hydrogen-bond acceptors (Lipinski definition) is 2. The average molecular weight is 142 g/mol. The Kier molecular flexibility index (Phi) is 3.77.